The molecular weight excluding hydrogens is 316 g/mol. The smallest absolute Gasteiger partial charge is 0.243 e. The number of aryl methyl sites for hydroxylation is 2. The van der Waals surface area contributed by atoms with Gasteiger partial charge in [0.2, 0.25) is 11.8 Å². The minimum absolute atomic E-state index is 0.0226. The third kappa shape index (κ3) is 3.90. The topological polar surface area (TPSA) is 78.1 Å². The van der Waals surface area contributed by atoms with Crippen LogP contribution in [-0.2, 0) is 22.4 Å². The van der Waals surface area contributed by atoms with Gasteiger partial charge in [0.1, 0.15) is 6.04 Å². The number of aromatic nitrogens is 2. The third-order valence-corrected chi connectivity index (χ3v) is 4.75. The Balaban J connectivity index is 1.82. The summed E-state index contributed by atoms with van der Waals surface area (Å²) in [4.78, 5) is 27.3. The van der Waals surface area contributed by atoms with E-state index in [0.29, 0.717) is 19.5 Å². The number of benzene rings is 1. The molecule has 1 atom stereocenters. The molecule has 1 aliphatic heterocycles. The summed E-state index contributed by atoms with van der Waals surface area (Å²) in [5.74, 6) is -0.0964. The van der Waals surface area contributed by atoms with Crippen LogP contribution in [0.25, 0.3) is 0 Å². The summed E-state index contributed by atoms with van der Waals surface area (Å²) < 4.78 is 0. The lowest BCUT2D eigenvalue weighted by Gasteiger charge is -2.28. The first-order valence-corrected chi connectivity index (χ1v) is 8.68. The predicted molar refractivity (Wildman–Crippen MR) is 95.0 cm³/mol. The van der Waals surface area contributed by atoms with Gasteiger partial charge in [0.05, 0.1) is 12.1 Å². The van der Waals surface area contributed by atoms with Crippen LogP contribution in [0.4, 0.5) is 0 Å². The quantitative estimate of drug-likeness (QED) is 0.886. The zero-order valence-electron chi connectivity index (χ0n) is 14.7. The van der Waals surface area contributed by atoms with E-state index in [1.807, 2.05) is 44.2 Å². The van der Waals surface area contributed by atoms with Crippen molar-refractivity contribution in [1.29, 1.82) is 0 Å². The van der Waals surface area contributed by atoms with Crippen molar-refractivity contribution in [2.45, 2.75) is 39.2 Å². The summed E-state index contributed by atoms with van der Waals surface area (Å²) in [6.45, 7) is 5.00. The summed E-state index contributed by atoms with van der Waals surface area (Å²) in [6, 6.07) is 9.37. The van der Waals surface area contributed by atoms with E-state index in [-0.39, 0.29) is 18.2 Å². The van der Waals surface area contributed by atoms with Crippen LogP contribution < -0.4 is 5.32 Å². The molecule has 1 aliphatic rings. The fourth-order valence-electron chi connectivity index (χ4n) is 3.30. The fraction of sp³-hybridized carbons (Fsp3) is 0.421. The highest BCUT2D eigenvalue weighted by molar-refractivity contribution is 5.89. The minimum Gasteiger partial charge on any atom is -0.354 e. The Labute approximate surface area is 147 Å². The molecule has 0 saturated carbocycles. The second-order valence-electron chi connectivity index (χ2n) is 6.53. The van der Waals surface area contributed by atoms with E-state index < -0.39 is 6.04 Å². The highest BCUT2D eigenvalue weighted by Gasteiger charge is 2.32. The van der Waals surface area contributed by atoms with Crippen LogP contribution in [0.1, 0.15) is 28.9 Å². The molecule has 1 saturated heterocycles. The summed E-state index contributed by atoms with van der Waals surface area (Å²) >= 11 is 0. The van der Waals surface area contributed by atoms with E-state index in [4.69, 9.17) is 0 Å². The molecule has 2 amide bonds. The normalized spacial score (nSPS) is 17.9. The van der Waals surface area contributed by atoms with Gasteiger partial charge in [0.15, 0.2) is 0 Å². The van der Waals surface area contributed by atoms with Crippen molar-refractivity contribution in [2.24, 2.45) is 0 Å². The molecule has 3 rings (SSSR count). The van der Waals surface area contributed by atoms with Crippen molar-refractivity contribution in [2.75, 3.05) is 13.1 Å². The zero-order valence-corrected chi connectivity index (χ0v) is 14.7. The summed E-state index contributed by atoms with van der Waals surface area (Å²) in [6.07, 6.45) is 1.57. The molecule has 1 aromatic heterocycles. The average Bonchev–Trinajstić information content (AvgIpc) is 2.81. The second-order valence-corrected chi connectivity index (χ2v) is 6.53. The Morgan fingerprint density at radius 1 is 1.28 bits per heavy atom. The van der Waals surface area contributed by atoms with Crippen LogP contribution in [0, 0.1) is 13.8 Å². The number of rotatable bonds is 4. The zero-order chi connectivity index (χ0) is 17.8. The molecule has 0 aliphatic carbocycles. The molecular formula is C19H24N4O2. The van der Waals surface area contributed by atoms with Crippen LogP contribution in [0.5, 0.6) is 0 Å². The van der Waals surface area contributed by atoms with Crippen molar-refractivity contribution in [3.8, 4) is 0 Å². The molecule has 0 bridgehead atoms. The molecule has 0 radical (unpaired) electrons. The van der Waals surface area contributed by atoms with Crippen molar-refractivity contribution < 1.29 is 9.59 Å². The number of H-pyrrole nitrogens is 1. The molecule has 2 aromatic rings. The van der Waals surface area contributed by atoms with Gasteiger partial charge in [0, 0.05) is 30.8 Å². The highest BCUT2D eigenvalue weighted by atomic mass is 16.2. The molecule has 132 valence electrons. The fourth-order valence-corrected chi connectivity index (χ4v) is 3.30. The van der Waals surface area contributed by atoms with E-state index in [9.17, 15) is 9.59 Å². The first-order valence-electron chi connectivity index (χ1n) is 8.68. The summed E-state index contributed by atoms with van der Waals surface area (Å²) in [7, 11) is 0. The number of hydrogen-bond acceptors (Lipinski definition) is 3. The lowest BCUT2D eigenvalue weighted by atomic mass is 10.0. The second kappa shape index (κ2) is 7.51. The summed E-state index contributed by atoms with van der Waals surface area (Å²) in [5, 5.41) is 10.0. The van der Waals surface area contributed by atoms with Crippen LogP contribution >= 0.6 is 0 Å². The first kappa shape index (κ1) is 17.2. The van der Waals surface area contributed by atoms with Gasteiger partial charge in [-0.15, -0.1) is 0 Å². The van der Waals surface area contributed by atoms with E-state index in [1.54, 1.807) is 4.90 Å². The molecule has 1 fully saturated rings. The van der Waals surface area contributed by atoms with Crippen molar-refractivity contribution in [3.63, 3.8) is 0 Å². The number of nitrogens with zero attached hydrogens (tertiary/aromatic N) is 2. The number of carbonyl (C=O) groups is 2. The van der Waals surface area contributed by atoms with Crippen LogP contribution in [-0.4, -0.2) is 46.0 Å². The van der Waals surface area contributed by atoms with E-state index in [2.05, 4.69) is 15.5 Å². The van der Waals surface area contributed by atoms with Gasteiger partial charge in [-0.25, -0.2) is 0 Å². The molecule has 25 heavy (non-hydrogen) atoms. The van der Waals surface area contributed by atoms with Gasteiger partial charge >= 0.3 is 0 Å². The predicted octanol–water partition coefficient (Wildman–Crippen LogP) is 1.53. The number of nitrogens with one attached hydrogen (secondary N) is 2. The third-order valence-electron chi connectivity index (χ3n) is 4.75. The molecule has 1 aromatic carbocycles. The number of aromatic amines is 1. The highest BCUT2D eigenvalue weighted by Crippen LogP contribution is 2.17. The lowest BCUT2D eigenvalue weighted by molar-refractivity contribution is -0.139. The van der Waals surface area contributed by atoms with Crippen LogP contribution in [0.15, 0.2) is 30.3 Å². The Kier molecular flexibility index (Phi) is 5.16. The van der Waals surface area contributed by atoms with Crippen molar-refractivity contribution in [1.82, 2.24) is 20.4 Å². The lowest BCUT2D eigenvalue weighted by Crippen LogP contribution is -2.49. The van der Waals surface area contributed by atoms with Gasteiger partial charge in [0.25, 0.3) is 0 Å². The maximum Gasteiger partial charge on any atom is 0.243 e. The number of hydrogen-bond donors (Lipinski definition) is 2. The van der Waals surface area contributed by atoms with Gasteiger partial charge in [-0.2, -0.15) is 5.10 Å². The molecule has 6 nitrogen and oxygen atoms in total. The Morgan fingerprint density at radius 2 is 2.04 bits per heavy atom. The Hall–Kier alpha value is -2.63. The van der Waals surface area contributed by atoms with Crippen LogP contribution in [0.3, 0.4) is 0 Å². The van der Waals surface area contributed by atoms with Gasteiger partial charge in [-0.3, -0.25) is 14.7 Å². The molecule has 2 heterocycles. The summed E-state index contributed by atoms with van der Waals surface area (Å²) in [5.41, 5.74) is 3.72. The van der Waals surface area contributed by atoms with Gasteiger partial charge in [-0.05, 0) is 25.8 Å². The first-order chi connectivity index (χ1) is 12.1. The SMILES string of the molecule is Cc1n[nH]c(C)c1CC(=O)N1CCCNC(=O)C1Cc1ccccc1. The molecule has 0 spiro atoms. The van der Waals surface area contributed by atoms with Gasteiger partial charge in [-0.1, -0.05) is 30.3 Å². The minimum atomic E-state index is -0.468. The van der Waals surface area contributed by atoms with Crippen molar-refractivity contribution in [3.05, 3.63) is 52.8 Å². The number of amides is 2. The standard InChI is InChI=1S/C19H24N4O2/c1-13-16(14(2)22-21-13)12-18(24)23-10-6-9-20-19(25)17(23)11-15-7-4-3-5-8-15/h3-5,7-8,17H,6,9-12H2,1-2H3,(H,20,25)(H,21,22). The molecule has 6 heteroatoms. The average molecular weight is 340 g/mol. The monoisotopic (exact) mass is 340 g/mol. The Morgan fingerprint density at radius 3 is 2.72 bits per heavy atom. The van der Waals surface area contributed by atoms with Gasteiger partial charge < -0.3 is 10.2 Å². The maximum absolute atomic E-state index is 13.0. The number of carbonyl (C=O) groups excluding carboxylic acids is 2. The Bertz CT molecular complexity index is 735. The van der Waals surface area contributed by atoms with E-state index in [1.165, 1.54) is 0 Å². The maximum atomic E-state index is 13.0. The molecule has 1 unspecified atom stereocenters. The largest absolute Gasteiger partial charge is 0.354 e. The molecule has 2 N–H and O–H groups in total. The van der Waals surface area contributed by atoms with Crippen LogP contribution in [0.2, 0.25) is 0 Å². The van der Waals surface area contributed by atoms with E-state index in [0.717, 1.165) is 28.9 Å². The van der Waals surface area contributed by atoms with Crippen molar-refractivity contribution >= 4 is 11.8 Å². The van der Waals surface area contributed by atoms with E-state index >= 15 is 0 Å².